The summed E-state index contributed by atoms with van der Waals surface area (Å²) in [4.78, 5) is 29.8. The number of carbonyl (C=O) groups excluding carboxylic acids is 1. The van der Waals surface area contributed by atoms with Crippen LogP contribution in [0.1, 0.15) is 40.0 Å². The molecule has 0 saturated carbocycles. The summed E-state index contributed by atoms with van der Waals surface area (Å²) in [6, 6.07) is 0. The molecule has 2 aliphatic rings. The number of amides is 1. The fraction of sp³-hybridized carbons (Fsp3) is 0.762. The molecule has 0 atom stereocenters. The van der Waals surface area contributed by atoms with Gasteiger partial charge in [-0.2, -0.15) is 0 Å². The number of piperidine rings is 1. The molecule has 0 aliphatic carbocycles. The van der Waals surface area contributed by atoms with E-state index in [9.17, 15) is 4.79 Å². The van der Waals surface area contributed by atoms with Crippen LogP contribution in [0.4, 0.5) is 10.6 Å². The maximum atomic E-state index is 12.2. The topological polar surface area (TPSA) is 89.5 Å². The van der Waals surface area contributed by atoms with Gasteiger partial charge >= 0.3 is 6.09 Å². The van der Waals surface area contributed by atoms with Gasteiger partial charge in [0.05, 0.1) is 26.1 Å². The quantitative estimate of drug-likeness (QED) is 0.257. The number of likely N-dealkylation sites (tertiary alicyclic amines) is 1. The molecule has 0 aromatic carbocycles. The standard InChI is InChI=1S/C21H35N5O5S/c1-21(2,3)30-20(27)25-10-6-17(7-11-25)16-29-19-15-22-18(14-23-19)24-8-5-9-26(13-12-24)32-31-28-4/h14-15,17H,5-13,16H2,1-4H3. The van der Waals surface area contributed by atoms with Crippen molar-refractivity contribution in [3.8, 4) is 5.88 Å². The van der Waals surface area contributed by atoms with Crippen LogP contribution in [0.25, 0.3) is 0 Å². The van der Waals surface area contributed by atoms with Crippen LogP contribution in [-0.2, 0) is 14.0 Å². The first-order valence-electron chi connectivity index (χ1n) is 11.1. The molecule has 11 heteroatoms. The Hall–Kier alpha value is -1.82. The Morgan fingerprint density at radius 3 is 2.53 bits per heavy atom. The molecule has 2 fully saturated rings. The average Bonchev–Trinajstić information content (AvgIpc) is 3.01. The highest BCUT2D eigenvalue weighted by molar-refractivity contribution is 7.92. The molecule has 3 rings (SSSR count). The second-order valence-electron chi connectivity index (χ2n) is 9.01. The van der Waals surface area contributed by atoms with Crippen molar-refractivity contribution in [3.63, 3.8) is 0 Å². The van der Waals surface area contributed by atoms with Crippen LogP contribution in [0.2, 0.25) is 0 Å². The fourth-order valence-corrected chi connectivity index (χ4v) is 4.14. The first kappa shape index (κ1) is 24.8. The second-order valence-corrected chi connectivity index (χ2v) is 9.82. The molecular formula is C21H35N5O5S. The van der Waals surface area contributed by atoms with Crippen LogP contribution in [0, 0.1) is 5.92 Å². The minimum Gasteiger partial charge on any atom is -0.476 e. The van der Waals surface area contributed by atoms with Gasteiger partial charge in [0.1, 0.15) is 23.6 Å². The van der Waals surface area contributed by atoms with E-state index in [0.29, 0.717) is 31.5 Å². The molecule has 10 nitrogen and oxygen atoms in total. The molecular weight excluding hydrogens is 434 g/mol. The van der Waals surface area contributed by atoms with E-state index in [1.165, 1.54) is 19.3 Å². The monoisotopic (exact) mass is 469 g/mol. The number of carbonyl (C=O) groups is 1. The SMILES string of the molecule is COOSN1CCCN(c2cnc(OCC3CCN(C(=O)OC(C)(C)C)CC3)cn2)CC1. The van der Waals surface area contributed by atoms with Gasteiger partial charge in [-0.1, -0.05) is 0 Å². The average molecular weight is 470 g/mol. The van der Waals surface area contributed by atoms with Crippen molar-refractivity contribution in [3.05, 3.63) is 12.4 Å². The highest BCUT2D eigenvalue weighted by Gasteiger charge is 2.27. The normalized spacial score (nSPS) is 19.0. The van der Waals surface area contributed by atoms with Gasteiger partial charge in [-0.05, 0) is 46.0 Å². The summed E-state index contributed by atoms with van der Waals surface area (Å²) >= 11 is 1.23. The minimum atomic E-state index is -0.466. The molecule has 3 heterocycles. The lowest BCUT2D eigenvalue weighted by molar-refractivity contribution is -0.163. The predicted octanol–water partition coefficient (Wildman–Crippen LogP) is 3.16. The minimum absolute atomic E-state index is 0.236. The summed E-state index contributed by atoms with van der Waals surface area (Å²) in [7, 11) is 1.50. The van der Waals surface area contributed by atoms with Gasteiger partial charge in [-0.15, -0.1) is 4.33 Å². The lowest BCUT2D eigenvalue weighted by atomic mass is 9.98. The summed E-state index contributed by atoms with van der Waals surface area (Å²) < 4.78 is 18.4. The van der Waals surface area contributed by atoms with Gasteiger partial charge in [-0.25, -0.2) is 24.0 Å². The fourth-order valence-electron chi connectivity index (χ4n) is 3.63. The Morgan fingerprint density at radius 2 is 1.88 bits per heavy atom. The zero-order valence-electron chi connectivity index (χ0n) is 19.5. The molecule has 0 radical (unpaired) electrons. The van der Waals surface area contributed by atoms with Crippen molar-refractivity contribution in [2.75, 3.05) is 57.9 Å². The van der Waals surface area contributed by atoms with Crippen LogP contribution >= 0.6 is 12.2 Å². The summed E-state index contributed by atoms with van der Waals surface area (Å²) in [5, 5.41) is 0. The number of aromatic nitrogens is 2. The van der Waals surface area contributed by atoms with E-state index in [4.69, 9.17) is 13.8 Å². The molecule has 32 heavy (non-hydrogen) atoms. The van der Waals surface area contributed by atoms with Gasteiger partial charge < -0.3 is 19.3 Å². The van der Waals surface area contributed by atoms with Crippen LogP contribution in [0.5, 0.6) is 5.88 Å². The van der Waals surface area contributed by atoms with Crippen LogP contribution < -0.4 is 9.64 Å². The predicted molar refractivity (Wildman–Crippen MR) is 122 cm³/mol. The zero-order chi connectivity index (χ0) is 23.0. The van der Waals surface area contributed by atoms with E-state index in [-0.39, 0.29) is 6.09 Å². The number of anilines is 1. The van der Waals surface area contributed by atoms with Crippen molar-refractivity contribution >= 4 is 24.1 Å². The number of nitrogens with zero attached hydrogens (tertiary/aromatic N) is 5. The molecule has 0 unspecified atom stereocenters. The van der Waals surface area contributed by atoms with Gasteiger partial charge in [0.15, 0.2) is 0 Å². The molecule has 0 spiro atoms. The van der Waals surface area contributed by atoms with E-state index in [0.717, 1.165) is 51.3 Å². The molecule has 2 aliphatic heterocycles. The third-order valence-corrected chi connectivity index (χ3v) is 6.10. The Balaban J connectivity index is 1.40. The van der Waals surface area contributed by atoms with E-state index in [1.54, 1.807) is 17.3 Å². The summed E-state index contributed by atoms with van der Waals surface area (Å²) in [6.07, 6.45) is 6.01. The van der Waals surface area contributed by atoms with E-state index in [1.807, 2.05) is 20.8 Å². The third-order valence-electron chi connectivity index (χ3n) is 5.33. The van der Waals surface area contributed by atoms with E-state index in [2.05, 4.69) is 24.1 Å². The molecule has 0 bridgehead atoms. The smallest absolute Gasteiger partial charge is 0.410 e. The first-order valence-corrected chi connectivity index (χ1v) is 11.8. The highest BCUT2D eigenvalue weighted by Crippen LogP contribution is 2.22. The van der Waals surface area contributed by atoms with E-state index >= 15 is 0 Å². The van der Waals surface area contributed by atoms with Crippen molar-refractivity contribution in [1.29, 1.82) is 0 Å². The third kappa shape index (κ3) is 7.95. The maximum absolute atomic E-state index is 12.2. The maximum Gasteiger partial charge on any atom is 0.410 e. The number of hydrogen-bond donors (Lipinski definition) is 0. The van der Waals surface area contributed by atoms with Crippen LogP contribution in [0.15, 0.2) is 12.4 Å². The van der Waals surface area contributed by atoms with Crippen LogP contribution in [-0.4, -0.2) is 83.9 Å². The second kappa shape index (κ2) is 11.9. The first-order chi connectivity index (χ1) is 15.3. The lowest BCUT2D eigenvalue weighted by Crippen LogP contribution is -2.42. The lowest BCUT2D eigenvalue weighted by Gasteiger charge is -2.33. The molecule has 1 aromatic heterocycles. The van der Waals surface area contributed by atoms with Crippen molar-refractivity contribution in [1.82, 2.24) is 19.2 Å². The van der Waals surface area contributed by atoms with Crippen molar-refractivity contribution < 1.29 is 23.5 Å². The number of rotatable bonds is 7. The Labute approximate surface area is 194 Å². The van der Waals surface area contributed by atoms with Gasteiger partial charge in [0.2, 0.25) is 5.88 Å². The Bertz CT molecular complexity index is 710. The largest absolute Gasteiger partial charge is 0.476 e. The summed E-state index contributed by atoms with van der Waals surface area (Å²) in [5.41, 5.74) is -0.466. The molecule has 1 aromatic rings. The highest BCUT2D eigenvalue weighted by atomic mass is 32.2. The van der Waals surface area contributed by atoms with Gasteiger partial charge in [0, 0.05) is 39.3 Å². The zero-order valence-corrected chi connectivity index (χ0v) is 20.3. The molecule has 180 valence electrons. The van der Waals surface area contributed by atoms with Crippen molar-refractivity contribution in [2.45, 2.75) is 45.6 Å². The van der Waals surface area contributed by atoms with Crippen molar-refractivity contribution in [2.24, 2.45) is 5.92 Å². The van der Waals surface area contributed by atoms with Crippen LogP contribution in [0.3, 0.4) is 0 Å². The summed E-state index contributed by atoms with van der Waals surface area (Å²) in [6.45, 7) is 11.1. The molecule has 1 amide bonds. The number of hydrogen-bond acceptors (Lipinski definition) is 10. The Kier molecular flexibility index (Phi) is 9.21. The van der Waals surface area contributed by atoms with Gasteiger partial charge in [0.25, 0.3) is 0 Å². The summed E-state index contributed by atoms with van der Waals surface area (Å²) in [5.74, 6) is 1.77. The Morgan fingerprint density at radius 1 is 1.09 bits per heavy atom. The van der Waals surface area contributed by atoms with Gasteiger partial charge in [-0.3, -0.25) is 0 Å². The molecule has 0 N–H and O–H groups in total. The van der Waals surface area contributed by atoms with E-state index < -0.39 is 5.60 Å². The molecule has 2 saturated heterocycles. The number of ether oxygens (including phenoxy) is 2.